The van der Waals surface area contributed by atoms with Crippen LogP contribution in [0, 0.1) is 5.92 Å². The first-order valence-corrected chi connectivity index (χ1v) is 8.54. The Morgan fingerprint density at radius 2 is 2.17 bits per heavy atom. The molecule has 1 aliphatic heterocycles. The van der Waals surface area contributed by atoms with Crippen molar-refractivity contribution in [1.82, 2.24) is 15.2 Å². The number of hydrogen-bond acceptors (Lipinski definition) is 2. The number of hydrogen-bond donors (Lipinski definition) is 2. The van der Waals surface area contributed by atoms with Gasteiger partial charge in [0.25, 0.3) is 5.91 Å². The van der Waals surface area contributed by atoms with Crippen LogP contribution in [0.25, 0.3) is 0 Å². The van der Waals surface area contributed by atoms with Crippen molar-refractivity contribution in [2.45, 2.75) is 38.0 Å². The van der Waals surface area contributed by atoms with Gasteiger partial charge in [-0.3, -0.25) is 9.59 Å². The third-order valence-electron chi connectivity index (χ3n) is 5.01. The molecule has 1 fully saturated rings. The van der Waals surface area contributed by atoms with Crippen molar-refractivity contribution in [3.05, 3.63) is 35.7 Å². The van der Waals surface area contributed by atoms with E-state index in [0.29, 0.717) is 12.1 Å². The fourth-order valence-corrected chi connectivity index (χ4v) is 3.74. The molecule has 23 heavy (non-hydrogen) atoms. The fraction of sp³-hybridized carbons (Fsp3) is 0.556. The lowest BCUT2D eigenvalue weighted by Gasteiger charge is -2.35. The molecule has 2 heterocycles. The summed E-state index contributed by atoms with van der Waals surface area (Å²) >= 11 is 0. The van der Waals surface area contributed by atoms with Crippen LogP contribution in [0.15, 0.2) is 24.4 Å². The summed E-state index contributed by atoms with van der Waals surface area (Å²) in [4.78, 5) is 30.0. The lowest BCUT2D eigenvalue weighted by molar-refractivity contribution is -0.137. The molecule has 5 nitrogen and oxygen atoms in total. The van der Waals surface area contributed by atoms with Crippen molar-refractivity contribution >= 4 is 11.8 Å². The second-order valence-corrected chi connectivity index (χ2v) is 6.49. The third-order valence-corrected chi connectivity index (χ3v) is 5.01. The second kappa shape index (κ2) is 7.02. The number of carbonyl (C=O) groups is 2. The number of carbonyl (C=O) groups excluding carboxylic acids is 2. The highest BCUT2D eigenvalue weighted by atomic mass is 16.2. The van der Waals surface area contributed by atoms with Gasteiger partial charge in [-0.2, -0.15) is 0 Å². The Balaban J connectivity index is 1.71. The molecule has 1 aromatic rings. The van der Waals surface area contributed by atoms with E-state index in [1.165, 1.54) is 0 Å². The minimum Gasteiger partial charge on any atom is -0.364 e. The first-order valence-electron chi connectivity index (χ1n) is 8.54. The Labute approximate surface area is 137 Å². The first kappa shape index (κ1) is 15.8. The van der Waals surface area contributed by atoms with Crippen molar-refractivity contribution in [1.29, 1.82) is 0 Å². The van der Waals surface area contributed by atoms with E-state index in [0.717, 1.165) is 44.3 Å². The average molecular weight is 315 g/mol. The minimum absolute atomic E-state index is 0.0675. The van der Waals surface area contributed by atoms with E-state index in [9.17, 15) is 9.59 Å². The van der Waals surface area contributed by atoms with E-state index >= 15 is 0 Å². The van der Waals surface area contributed by atoms with Gasteiger partial charge in [-0.25, -0.2) is 0 Å². The summed E-state index contributed by atoms with van der Waals surface area (Å²) in [5, 5.41) is 2.69. The fourth-order valence-electron chi connectivity index (χ4n) is 3.74. The summed E-state index contributed by atoms with van der Waals surface area (Å²) in [5.74, 6) is 0.573. The number of nitrogens with zero attached hydrogens (tertiary/aromatic N) is 1. The Morgan fingerprint density at radius 1 is 1.30 bits per heavy atom. The van der Waals surface area contributed by atoms with Gasteiger partial charge in [0.05, 0.1) is 5.56 Å². The van der Waals surface area contributed by atoms with E-state index < -0.39 is 0 Å². The molecule has 5 heteroatoms. The molecule has 0 radical (unpaired) electrons. The zero-order valence-electron chi connectivity index (χ0n) is 13.7. The van der Waals surface area contributed by atoms with E-state index in [1.54, 1.807) is 7.05 Å². The van der Waals surface area contributed by atoms with Gasteiger partial charge < -0.3 is 15.2 Å². The largest absolute Gasteiger partial charge is 0.364 e. The first-order chi connectivity index (χ1) is 11.2. The van der Waals surface area contributed by atoms with Crippen molar-refractivity contribution in [2.75, 3.05) is 20.1 Å². The van der Waals surface area contributed by atoms with Crippen LogP contribution >= 0.6 is 0 Å². The Bertz CT molecular complexity index is 605. The second-order valence-electron chi connectivity index (χ2n) is 6.49. The van der Waals surface area contributed by atoms with E-state index in [2.05, 4.69) is 22.5 Å². The summed E-state index contributed by atoms with van der Waals surface area (Å²) < 4.78 is 0. The molecule has 0 spiro atoms. The number of allylic oxidation sites excluding steroid dienone is 2. The topological polar surface area (TPSA) is 65.2 Å². The highest BCUT2D eigenvalue weighted by Crippen LogP contribution is 2.30. The van der Waals surface area contributed by atoms with Crippen LogP contribution in [0.5, 0.6) is 0 Å². The number of rotatable bonds is 3. The molecule has 2 unspecified atom stereocenters. The molecule has 2 amide bonds. The molecular formula is C18H25N3O2. The molecular weight excluding hydrogens is 290 g/mol. The molecule has 2 atom stereocenters. The molecule has 1 aliphatic carbocycles. The molecule has 1 aromatic heterocycles. The maximum Gasteiger partial charge on any atom is 0.252 e. The van der Waals surface area contributed by atoms with Gasteiger partial charge in [0, 0.05) is 43.9 Å². The number of likely N-dealkylation sites (tertiary alicyclic amines) is 1. The minimum atomic E-state index is -0.0675. The molecule has 124 valence electrons. The van der Waals surface area contributed by atoms with Crippen LogP contribution in [0.3, 0.4) is 0 Å². The van der Waals surface area contributed by atoms with Gasteiger partial charge in [0.2, 0.25) is 5.91 Å². The van der Waals surface area contributed by atoms with Crippen LogP contribution in [-0.2, 0) is 4.79 Å². The van der Waals surface area contributed by atoms with Gasteiger partial charge in [-0.1, -0.05) is 12.2 Å². The van der Waals surface area contributed by atoms with Crippen molar-refractivity contribution in [2.24, 2.45) is 5.92 Å². The van der Waals surface area contributed by atoms with Crippen LogP contribution in [0.2, 0.25) is 0 Å². The Morgan fingerprint density at radius 3 is 2.91 bits per heavy atom. The SMILES string of the molecule is CNC(=O)c1cc[nH]c1C1CCCN(C(=O)C2CC=CCC2)C1. The van der Waals surface area contributed by atoms with Crippen molar-refractivity contribution < 1.29 is 9.59 Å². The predicted octanol–water partition coefficient (Wildman–Crippen LogP) is 2.44. The normalized spacial score (nSPS) is 24.5. The summed E-state index contributed by atoms with van der Waals surface area (Å²) in [5.41, 5.74) is 1.66. The highest BCUT2D eigenvalue weighted by Gasteiger charge is 2.31. The highest BCUT2D eigenvalue weighted by molar-refractivity contribution is 5.95. The van der Waals surface area contributed by atoms with Gasteiger partial charge >= 0.3 is 0 Å². The van der Waals surface area contributed by atoms with E-state index in [1.807, 2.05) is 17.2 Å². The predicted molar refractivity (Wildman–Crippen MR) is 89.2 cm³/mol. The number of H-pyrrole nitrogens is 1. The zero-order valence-corrected chi connectivity index (χ0v) is 13.7. The number of nitrogens with one attached hydrogen (secondary N) is 2. The number of amides is 2. The molecule has 0 saturated carbocycles. The monoisotopic (exact) mass is 315 g/mol. The standard InChI is InChI=1S/C18H25N3O2/c1-19-17(22)15-9-10-20-16(15)14-8-5-11-21(12-14)18(23)13-6-3-2-4-7-13/h2-3,9-10,13-14,20H,4-8,11-12H2,1H3,(H,19,22). The van der Waals surface area contributed by atoms with Gasteiger partial charge in [-0.15, -0.1) is 0 Å². The maximum absolute atomic E-state index is 12.7. The van der Waals surface area contributed by atoms with E-state index in [4.69, 9.17) is 0 Å². The molecule has 3 rings (SSSR count). The summed E-state index contributed by atoms with van der Waals surface area (Å²) in [7, 11) is 1.65. The molecule has 1 saturated heterocycles. The maximum atomic E-state index is 12.7. The summed E-state index contributed by atoms with van der Waals surface area (Å²) in [6.45, 7) is 1.55. The summed E-state index contributed by atoms with van der Waals surface area (Å²) in [6, 6.07) is 1.82. The quantitative estimate of drug-likeness (QED) is 0.841. The molecule has 0 aromatic carbocycles. The molecule has 0 bridgehead atoms. The van der Waals surface area contributed by atoms with Gasteiger partial charge in [0.1, 0.15) is 0 Å². The van der Waals surface area contributed by atoms with Crippen LogP contribution in [0.1, 0.15) is 54.1 Å². The Kier molecular flexibility index (Phi) is 4.84. The van der Waals surface area contributed by atoms with Crippen molar-refractivity contribution in [3.8, 4) is 0 Å². The molecule has 2 aliphatic rings. The van der Waals surface area contributed by atoms with Gasteiger partial charge in [0.15, 0.2) is 0 Å². The molecule has 2 N–H and O–H groups in total. The van der Waals surface area contributed by atoms with Gasteiger partial charge in [-0.05, 0) is 38.2 Å². The average Bonchev–Trinajstić information content (AvgIpc) is 3.11. The van der Waals surface area contributed by atoms with E-state index in [-0.39, 0.29) is 23.7 Å². The number of aromatic amines is 1. The smallest absolute Gasteiger partial charge is 0.252 e. The lowest BCUT2D eigenvalue weighted by atomic mass is 9.89. The zero-order chi connectivity index (χ0) is 16.2. The number of aromatic nitrogens is 1. The van der Waals surface area contributed by atoms with Crippen LogP contribution < -0.4 is 5.32 Å². The van der Waals surface area contributed by atoms with Crippen molar-refractivity contribution in [3.63, 3.8) is 0 Å². The summed E-state index contributed by atoms with van der Waals surface area (Å²) in [6.07, 6.45) is 10.9. The lowest BCUT2D eigenvalue weighted by Crippen LogP contribution is -2.43. The number of piperidine rings is 1. The van der Waals surface area contributed by atoms with Crippen LogP contribution in [-0.4, -0.2) is 41.8 Å². The third kappa shape index (κ3) is 3.33. The Hall–Kier alpha value is -2.04. The van der Waals surface area contributed by atoms with Crippen LogP contribution in [0.4, 0.5) is 0 Å².